The van der Waals surface area contributed by atoms with Gasteiger partial charge in [-0.3, -0.25) is 24.1 Å². The quantitative estimate of drug-likeness (QED) is 0.209. The fraction of sp³-hybridized carbons (Fsp3) is 0.630. The lowest BCUT2D eigenvalue weighted by Crippen LogP contribution is -2.58. The summed E-state index contributed by atoms with van der Waals surface area (Å²) >= 11 is 4.56. The van der Waals surface area contributed by atoms with E-state index in [2.05, 4.69) is 28.6 Å². The van der Waals surface area contributed by atoms with Gasteiger partial charge in [0, 0.05) is 17.8 Å². The van der Waals surface area contributed by atoms with Crippen LogP contribution in [0.25, 0.3) is 0 Å². The summed E-state index contributed by atoms with van der Waals surface area (Å²) in [5.41, 5.74) is -0.0322. The molecule has 2 heterocycles. The molecular weight excluding hydrogens is 508 g/mol. The summed E-state index contributed by atoms with van der Waals surface area (Å²) in [6, 6.07) is 6.75. The summed E-state index contributed by atoms with van der Waals surface area (Å²) in [7, 11) is 0. The zero-order valence-corrected chi connectivity index (χ0v) is 23.5. The zero-order chi connectivity index (χ0) is 27.9. The van der Waals surface area contributed by atoms with Crippen molar-refractivity contribution in [2.75, 3.05) is 39.5 Å². The van der Waals surface area contributed by atoms with Gasteiger partial charge < -0.3 is 25.4 Å². The minimum atomic E-state index is -0.965. The van der Waals surface area contributed by atoms with Crippen molar-refractivity contribution in [2.24, 2.45) is 0 Å². The Morgan fingerprint density at radius 3 is 2.21 bits per heavy atom. The van der Waals surface area contributed by atoms with Crippen molar-refractivity contribution in [3.05, 3.63) is 35.9 Å². The van der Waals surface area contributed by atoms with Crippen LogP contribution in [-0.2, 0) is 35.1 Å². The number of nitrogens with zero attached hydrogens (tertiary/aromatic N) is 1. The Morgan fingerprint density at radius 1 is 1.03 bits per heavy atom. The second-order valence-electron chi connectivity index (χ2n) is 10.9. The lowest BCUT2D eigenvalue weighted by atomic mass is 9.94. The van der Waals surface area contributed by atoms with Crippen molar-refractivity contribution in [3.63, 3.8) is 0 Å². The standard InChI is InChI=1S/C27H40N4O6S/c1-18(28-22(32)16-31-10-12-36-13-11-31)24(34)30-21(15-26(2,3)38)25(35)29-20(23(33)27(4)17-37-27)14-19-8-6-5-7-9-19/h5-9,18,20-21,38H,10-17H2,1-4H3,(H,28,32)(H,29,35)(H,30,34)/t18-,20-,21-,27+/m0/s1. The number of rotatable bonds is 13. The number of amides is 3. The number of carbonyl (C=O) groups is 4. The molecule has 38 heavy (non-hydrogen) atoms. The smallest absolute Gasteiger partial charge is 0.243 e. The summed E-state index contributed by atoms with van der Waals surface area (Å²) in [6.07, 6.45) is 0.505. The molecule has 0 aromatic heterocycles. The average Bonchev–Trinajstić information content (AvgIpc) is 3.61. The molecule has 4 atom stereocenters. The van der Waals surface area contributed by atoms with Crippen LogP contribution < -0.4 is 16.0 Å². The second-order valence-corrected chi connectivity index (χ2v) is 12.1. The number of hydrogen-bond acceptors (Lipinski definition) is 8. The number of morpholine rings is 1. The van der Waals surface area contributed by atoms with Crippen LogP contribution in [0.2, 0.25) is 0 Å². The Kier molecular flexibility index (Phi) is 10.3. The molecule has 2 saturated heterocycles. The first-order valence-electron chi connectivity index (χ1n) is 13.0. The van der Waals surface area contributed by atoms with Gasteiger partial charge in [-0.2, -0.15) is 12.6 Å². The van der Waals surface area contributed by atoms with E-state index in [0.717, 1.165) is 5.56 Å². The Bertz CT molecular complexity index is 989. The molecule has 10 nitrogen and oxygen atoms in total. The molecule has 0 saturated carbocycles. The molecule has 2 aliphatic heterocycles. The number of hydrogen-bond donors (Lipinski definition) is 4. The van der Waals surface area contributed by atoms with Crippen LogP contribution in [0.4, 0.5) is 0 Å². The third kappa shape index (κ3) is 9.37. The Morgan fingerprint density at radius 2 is 1.63 bits per heavy atom. The van der Waals surface area contributed by atoms with Crippen molar-refractivity contribution >= 4 is 36.1 Å². The largest absolute Gasteiger partial charge is 0.379 e. The van der Waals surface area contributed by atoms with Crippen molar-refractivity contribution in [2.45, 2.75) is 69.0 Å². The number of ether oxygens (including phenoxy) is 2. The minimum Gasteiger partial charge on any atom is -0.379 e. The van der Waals surface area contributed by atoms with E-state index in [1.54, 1.807) is 13.8 Å². The molecule has 0 radical (unpaired) electrons. The van der Waals surface area contributed by atoms with Crippen molar-refractivity contribution in [3.8, 4) is 0 Å². The monoisotopic (exact) mass is 548 g/mol. The topological polar surface area (TPSA) is 129 Å². The summed E-state index contributed by atoms with van der Waals surface area (Å²) < 4.78 is 10.1. The first-order chi connectivity index (χ1) is 17.9. The fourth-order valence-corrected chi connectivity index (χ4v) is 4.45. The van der Waals surface area contributed by atoms with Crippen LogP contribution >= 0.6 is 12.6 Å². The van der Waals surface area contributed by atoms with Gasteiger partial charge in [0.2, 0.25) is 17.7 Å². The average molecular weight is 549 g/mol. The Hall–Kier alpha value is -2.47. The number of nitrogens with one attached hydrogen (secondary N) is 3. The molecule has 3 rings (SSSR count). The molecule has 3 amide bonds. The van der Waals surface area contributed by atoms with Gasteiger partial charge in [0.1, 0.15) is 17.7 Å². The van der Waals surface area contributed by atoms with E-state index in [1.807, 2.05) is 49.1 Å². The molecule has 11 heteroatoms. The van der Waals surface area contributed by atoms with Crippen LogP contribution in [0, 0.1) is 0 Å². The van der Waals surface area contributed by atoms with E-state index in [-0.39, 0.29) is 24.7 Å². The van der Waals surface area contributed by atoms with E-state index >= 15 is 0 Å². The predicted molar refractivity (Wildman–Crippen MR) is 146 cm³/mol. The Balaban J connectivity index is 1.65. The Labute approximate surface area is 230 Å². The fourth-order valence-electron chi connectivity index (χ4n) is 4.27. The maximum Gasteiger partial charge on any atom is 0.243 e. The second kappa shape index (κ2) is 13.1. The van der Waals surface area contributed by atoms with Crippen molar-refractivity contribution < 1.29 is 28.7 Å². The molecule has 2 aliphatic rings. The summed E-state index contributed by atoms with van der Waals surface area (Å²) in [6.45, 7) is 9.86. The number of thiol groups is 1. The van der Waals surface area contributed by atoms with Crippen molar-refractivity contribution in [1.29, 1.82) is 0 Å². The van der Waals surface area contributed by atoms with Crippen LogP contribution in [0.1, 0.15) is 39.7 Å². The summed E-state index contributed by atoms with van der Waals surface area (Å²) in [5.74, 6) is -1.49. The van der Waals surface area contributed by atoms with Crippen LogP contribution in [0.5, 0.6) is 0 Å². The van der Waals surface area contributed by atoms with Crippen LogP contribution in [0.3, 0.4) is 0 Å². The minimum absolute atomic E-state index is 0.165. The normalized spacial score (nSPS) is 22.0. The maximum absolute atomic E-state index is 13.5. The predicted octanol–water partition coefficient (Wildman–Crippen LogP) is 0.492. The van der Waals surface area contributed by atoms with Crippen LogP contribution in [0.15, 0.2) is 30.3 Å². The highest BCUT2D eigenvalue weighted by Gasteiger charge is 2.50. The molecular formula is C27H40N4O6S. The number of carbonyl (C=O) groups excluding carboxylic acids is 4. The van der Waals surface area contributed by atoms with Gasteiger partial charge in [0.05, 0.1) is 32.4 Å². The van der Waals surface area contributed by atoms with E-state index in [0.29, 0.717) is 39.3 Å². The molecule has 0 bridgehead atoms. The van der Waals surface area contributed by atoms with E-state index in [4.69, 9.17) is 9.47 Å². The highest BCUT2D eigenvalue weighted by atomic mass is 32.1. The van der Waals surface area contributed by atoms with Crippen molar-refractivity contribution in [1.82, 2.24) is 20.9 Å². The lowest BCUT2D eigenvalue weighted by molar-refractivity contribution is -0.134. The third-order valence-corrected chi connectivity index (χ3v) is 6.78. The first kappa shape index (κ1) is 30.1. The number of ketones is 1. The molecule has 0 unspecified atom stereocenters. The summed E-state index contributed by atoms with van der Waals surface area (Å²) in [4.78, 5) is 54.1. The highest BCUT2D eigenvalue weighted by molar-refractivity contribution is 7.81. The molecule has 2 fully saturated rings. The summed E-state index contributed by atoms with van der Waals surface area (Å²) in [5, 5.41) is 8.30. The molecule has 3 N–H and O–H groups in total. The number of benzene rings is 1. The van der Waals surface area contributed by atoms with Gasteiger partial charge in [-0.05, 0) is 32.3 Å². The van der Waals surface area contributed by atoms with Gasteiger partial charge in [-0.1, -0.05) is 44.2 Å². The third-order valence-electron chi connectivity index (χ3n) is 6.59. The molecule has 1 aromatic rings. The molecule has 210 valence electrons. The van der Waals surface area contributed by atoms with E-state index in [1.165, 1.54) is 0 Å². The number of Topliss-reactive ketones (excluding diaryl/α,β-unsaturated/α-hetero) is 1. The van der Waals surface area contributed by atoms with Gasteiger partial charge >= 0.3 is 0 Å². The van der Waals surface area contributed by atoms with E-state index < -0.39 is 40.3 Å². The SMILES string of the molecule is C[C@H](NC(=O)CN1CCOCC1)C(=O)N[C@@H](CC(C)(C)S)C(=O)N[C@@H](Cc1ccccc1)C(=O)[C@@]1(C)CO1. The first-order valence-corrected chi connectivity index (χ1v) is 13.5. The maximum atomic E-state index is 13.5. The van der Waals surface area contributed by atoms with Gasteiger partial charge in [-0.25, -0.2) is 0 Å². The molecule has 0 spiro atoms. The van der Waals surface area contributed by atoms with Crippen LogP contribution in [-0.4, -0.2) is 96.3 Å². The van der Waals surface area contributed by atoms with Gasteiger partial charge in [0.25, 0.3) is 0 Å². The highest BCUT2D eigenvalue weighted by Crippen LogP contribution is 2.29. The number of epoxide rings is 1. The van der Waals surface area contributed by atoms with E-state index in [9.17, 15) is 19.2 Å². The lowest BCUT2D eigenvalue weighted by Gasteiger charge is -2.29. The van der Waals surface area contributed by atoms with Gasteiger partial charge in [0.15, 0.2) is 5.78 Å². The molecule has 0 aliphatic carbocycles. The van der Waals surface area contributed by atoms with Gasteiger partial charge in [-0.15, -0.1) is 0 Å². The zero-order valence-electron chi connectivity index (χ0n) is 22.6. The molecule has 1 aromatic carbocycles.